The summed E-state index contributed by atoms with van der Waals surface area (Å²) in [7, 11) is 0. The van der Waals surface area contributed by atoms with E-state index in [0.717, 1.165) is 17.9 Å². The number of hydrogen-bond donors (Lipinski definition) is 1. The molecule has 3 heterocycles. The zero-order valence-electron chi connectivity index (χ0n) is 8.56. The lowest BCUT2D eigenvalue weighted by Gasteiger charge is -2.22. The largest absolute Gasteiger partial charge is 0.309 e. The molecule has 4 heteroatoms. The number of piperidine rings is 1. The van der Waals surface area contributed by atoms with E-state index >= 15 is 0 Å². The normalized spacial score (nSPS) is 22.0. The Bertz CT molecular complexity index is 456. The quantitative estimate of drug-likeness (QED) is 0.762. The molecule has 0 aromatic carbocycles. The fraction of sp³-hybridized carbons (Fsp3) is 0.455. The molecule has 2 aromatic rings. The minimum absolute atomic E-state index is 0.379. The average molecular weight is 202 g/mol. The van der Waals surface area contributed by atoms with Crippen LogP contribution >= 0.6 is 0 Å². The van der Waals surface area contributed by atoms with Crippen LogP contribution in [-0.2, 0) is 0 Å². The third-order valence-electron chi connectivity index (χ3n) is 2.98. The molecule has 0 spiro atoms. The zero-order valence-corrected chi connectivity index (χ0v) is 8.56. The van der Waals surface area contributed by atoms with Crippen molar-refractivity contribution in [1.82, 2.24) is 19.7 Å². The molecular weight excluding hydrogens is 188 g/mol. The first-order valence-corrected chi connectivity index (χ1v) is 5.46. The van der Waals surface area contributed by atoms with Gasteiger partial charge in [-0.1, -0.05) is 6.42 Å². The third-order valence-corrected chi connectivity index (χ3v) is 2.98. The van der Waals surface area contributed by atoms with Crippen LogP contribution < -0.4 is 5.32 Å². The van der Waals surface area contributed by atoms with Crippen LogP contribution in [0.15, 0.2) is 24.8 Å². The molecule has 0 bridgehead atoms. The van der Waals surface area contributed by atoms with Gasteiger partial charge in [-0.25, -0.2) is 4.98 Å². The Morgan fingerprint density at radius 2 is 2.07 bits per heavy atom. The third kappa shape index (κ3) is 1.51. The first-order chi connectivity index (χ1) is 7.45. The molecule has 1 saturated heterocycles. The first kappa shape index (κ1) is 8.85. The Balaban J connectivity index is 2.05. The second-order valence-electron chi connectivity index (χ2n) is 3.97. The van der Waals surface area contributed by atoms with Crippen molar-refractivity contribution in [2.24, 2.45) is 0 Å². The van der Waals surface area contributed by atoms with E-state index in [0.29, 0.717) is 6.04 Å². The molecule has 4 nitrogen and oxygen atoms in total. The van der Waals surface area contributed by atoms with Crippen molar-refractivity contribution in [3.05, 3.63) is 30.5 Å². The smallest absolute Gasteiger partial charge is 0.160 e. The van der Waals surface area contributed by atoms with Gasteiger partial charge in [0.05, 0.1) is 6.04 Å². The van der Waals surface area contributed by atoms with Crippen molar-refractivity contribution in [3.8, 4) is 0 Å². The van der Waals surface area contributed by atoms with E-state index in [9.17, 15) is 0 Å². The van der Waals surface area contributed by atoms with Crippen molar-refractivity contribution in [1.29, 1.82) is 0 Å². The summed E-state index contributed by atoms with van der Waals surface area (Å²) in [4.78, 5) is 8.81. The lowest BCUT2D eigenvalue weighted by atomic mass is 10.0. The lowest BCUT2D eigenvalue weighted by Crippen LogP contribution is -2.28. The molecule has 2 aromatic heterocycles. The standard InChI is InChI=1S/C11H14N4/c1-2-4-12-9(3-1)10-11-14-6-8-15(11)7-5-13-10/h5-9,12H,1-4H2. The highest BCUT2D eigenvalue weighted by atomic mass is 15.0. The summed E-state index contributed by atoms with van der Waals surface area (Å²) in [6, 6.07) is 0.379. The van der Waals surface area contributed by atoms with Crippen LogP contribution in [-0.4, -0.2) is 20.9 Å². The maximum absolute atomic E-state index is 4.46. The van der Waals surface area contributed by atoms with Crippen molar-refractivity contribution in [2.45, 2.75) is 25.3 Å². The Hall–Kier alpha value is -1.42. The van der Waals surface area contributed by atoms with Gasteiger partial charge >= 0.3 is 0 Å². The molecule has 0 radical (unpaired) electrons. The van der Waals surface area contributed by atoms with Crippen molar-refractivity contribution in [2.75, 3.05) is 6.54 Å². The van der Waals surface area contributed by atoms with Gasteiger partial charge in [0.25, 0.3) is 0 Å². The maximum atomic E-state index is 4.46. The molecule has 0 saturated carbocycles. The van der Waals surface area contributed by atoms with E-state index < -0.39 is 0 Å². The predicted molar refractivity (Wildman–Crippen MR) is 57.6 cm³/mol. The van der Waals surface area contributed by atoms with Gasteiger partial charge in [-0.2, -0.15) is 0 Å². The molecule has 15 heavy (non-hydrogen) atoms. The van der Waals surface area contributed by atoms with Crippen LogP contribution in [0.25, 0.3) is 5.65 Å². The van der Waals surface area contributed by atoms with E-state index in [4.69, 9.17) is 0 Å². The van der Waals surface area contributed by atoms with Crippen molar-refractivity contribution in [3.63, 3.8) is 0 Å². The van der Waals surface area contributed by atoms with Crippen LogP contribution in [0.2, 0.25) is 0 Å². The van der Waals surface area contributed by atoms with Crippen LogP contribution in [0.3, 0.4) is 0 Å². The molecule has 1 unspecified atom stereocenters. The lowest BCUT2D eigenvalue weighted by molar-refractivity contribution is 0.406. The first-order valence-electron chi connectivity index (χ1n) is 5.46. The van der Waals surface area contributed by atoms with Crippen LogP contribution in [0.5, 0.6) is 0 Å². The monoisotopic (exact) mass is 202 g/mol. The molecule has 1 fully saturated rings. The second-order valence-corrected chi connectivity index (χ2v) is 3.97. The van der Waals surface area contributed by atoms with Crippen LogP contribution in [0.4, 0.5) is 0 Å². The number of nitrogens with one attached hydrogen (secondary N) is 1. The molecule has 78 valence electrons. The van der Waals surface area contributed by atoms with Gasteiger partial charge in [0.2, 0.25) is 0 Å². The summed E-state index contributed by atoms with van der Waals surface area (Å²) >= 11 is 0. The number of rotatable bonds is 1. The van der Waals surface area contributed by atoms with E-state index in [2.05, 4.69) is 15.3 Å². The number of imidazole rings is 1. The van der Waals surface area contributed by atoms with Gasteiger partial charge < -0.3 is 9.72 Å². The number of hydrogen-bond acceptors (Lipinski definition) is 3. The van der Waals surface area contributed by atoms with Gasteiger partial charge in [-0.3, -0.25) is 4.98 Å². The van der Waals surface area contributed by atoms with Crippen molar-refractivity contribution >= 4 is 5.65 Å². The van der Waals surface area contributed by atoms with Gasteiger partial charge in [0.15, 0.2) is 5.65 Å². The van der Waals surface area contributed by atoms with Crippen LogP contribution in [0.1, 0.15) is 31.0 Å². The van der Waals surface area contributed by atoms with E-state index in [1.54, 1.807) is 0 Å². The van der Waals surface area contributed by atoms with Gasteiger partial charge in [0, 0.05) is 24.8 Å². The van der Waals surface area contributed by atoms with E-state index in [-0.39, 0.29) is 0 Å². The Labute approximate surface area is 88.4 Å². The summed E-state index contributed by atoms with van der Waals surface area (Å²) in [6.07, 6.45) is 11.3. The maximum Gasteiger partial charge on any atom is 0.160 e. The van der Waals surface area contributed by atoms with Crippen molar-refractivity contribution < 1.29 is 0 Å². The Morgan fingerprint density at radius 1 is 1.20 bits per heavy atom. The van der Waals surface area contributed by atoms with Gasteiger partial charge in [0.1, 0.15) is 5.69 Å². The van der Waals surface area contributed by atoms with E-state index in [1.807, 2.05) is 29.2 Å². The molecule has 0 aliphatic carbocycles. The highest BCUT2D eigenvalue weighted by molar-refractivity contribution is 5.45. The SMILES string of the molecule is c1cn2ccnc2c(C2CCCCN2)n1. The predicted octanol–water partition coefficient (Wildman–Crippen LogP) is 1.54. The Kier molecular flexibility index (Phi) is 2.14. The topological polar surface area (TPSA) is 42.2 Å². The molecule has 1 aliphatic heterocycles. The highest BCUT2D eigenvalue weighted by Gasteiger charge is 2.18. The summed E-state index contributed by atoms with van der Waals surface area (Å²) in [6.45, 7) is 1.09. The summed E-state index contributed by atoms with van der Waals surface area (Å²) in [5, 5.41) is 3.50. The highest BCUT2D eigenvalue weighted by Crippen LogP contribution is 2.23. The molecule has 3 rings (SSSR count). The summed E-state index contributed by atoms with van der Waals surface area (Å²) in [5.74, 6) is 0. The summed E-state index contributed by atoms with van der Waals surface area (Å²) < 4.78 is 2.03. The van der Waals surface area contributed by atoms with Crippen LogP contribution in [0, 0.1) is 0 Å². The molecule has 1 N–H and O–H groups in total. The molecule has 1 atom stereocenters. The number of nitrogens with zero attached hydrogens (tertiary/aromatic N) is 3. The molecule has 1 aliphatic rings. The Morgan fingerprint density at radius 3 is 2.87 bits per heavy atom. The summed E-state index contributed by atoms with van der Waals surface area (Å²) in [5.41, 5.74) is 2.07. The molecule has 0 amide bonds. The average Bonchev–Trinajstić information content (AvgIpc) is 2.78. The second kappa shape index (κ2) is 3.62. The minimum atomic E-state index is 0.379. The fourth-order valence-corrected chi connectivity index (χ4v) is 2.21. The molecular formula is C11H14N4. The minimum Gasteiger partial charge on any atom is -0.309 e. The van der Waals surface area contributed by atoms with Gasteiger partial charge in [-0.15, -0.1) is 0 Å². The number of fused-ring (bicyclic) bond motifs is 1. The zero-order chi connectivity index (χ0) is 10.1. The fourth-order valence-electron chi connectivity index (χ4n) is 2.21. The number of aromatic nitrogens is 3. The van der Waals surface area contributed by atoms with Gasteiger partial charge in [-0.05, 0) is 19.4 Å². The van der Waals surface area contributed by atoms with E-state index in [1.165, 1.54) is 19.3 Å².